The Balaban J connectivity index is 1.48. The number of benzene rings is 2. The molecule has 0 fully saturated rings. The van der Waals surface area contributed by atoms with Crippen LogP contribution in [0.4, 0.5) is 5.69 Å². The highest BCUT2D eigenvalue weighted by molar-refractivity contribution is 6.39. The highest BCUT2D eigenvalue weighted by atomic mass is 16.5. The largest absolute Gasteiger partial charge is 0.465 e. The lowest BCUT2D eigenvalue weighted by molar-refractivity contribution is -0.136. The average Bonchev–Trinajstić information content (AvgIpc) is 3.49. The fourth-order valence-corrected chi connectivity index (χ4v) is 4.33. The van der Waals surface area contributed by atoms with Crippen LogP contribution in [0.5, 0.6) is 0 Å². The van der Waals surface area contributed by atoms with E-state index in [-0.39, 0.29) is 29.6 Å². The molecule has 1 atom stereocenters. The summed E-state index contributed by atoms with van der Waals surface area (Å²) in [6.45, 7) is 5.46. The van der Waals surface area contributed by atoms with Crippen molar-refractivity contribution in [1.82, 2.24) is 10.2 Å². The Bertz CT molecular complexity index is 1470. The summed E-state index contributed by atoms with van der Waals surface area (Å²) >= 11 is 0. The highest BCUT2D eigenvalue weighted by Gasteiger charge is 2.39. The molecule has 1 aromatic heterocycles. The van der Waals surface area contributed by atoms with Gasteiger partial charge in [0, 0.05) is 11.4 Å². The second-order valence-electron chi connectivity index (χ2n) is 9.08. The number of hydrogen-bond acceptors (Lipinski definition) is 6. The SMILES string of the molecule is COC(=O)C1=C(C)N([C@@H](C)c2ccccc2)C(=O)/C1=C/c1ccc(CNC(=O)C(=O)Nc2ccc(C)cc2)o1. The molecule has 2 N–H and O–H groups in total. The lowest BCUT2D eigenvalue weighted by Gasteiger charge is -2.26. The quantitative estimate of drug-likeness (QED) is 0.269. The van der Waals surface area contributed by atoms with Crippen LogP contribution in [0.2, 0.25) is 0 Å². The van der Waals surface area contributed by atoms with Crippen molar-refractivity contribution in [3.05, 3.63) is 106 Å². The van der Waals surface area contributed by atoms with E-state index in [2.05, 4.69) is 10.6 Å². The van der Waals surface area contributed by atoms with Gasteiger partial charge >= 0.3 is 17.8 Å². The second-order valence-corrected chi connectivity index (χ2v) is 9.08. The van der Waals surface area contributed by atoms with Crippen molar-refractivity contribution in [3.8, 4) is 0 Å². The second kappa shape index (κ2) is 11.6. The third-order valence-corrected chi connectivity index (χ3v) is 6.41. The molecular weight excluding hydrogens is 498 g/mol. The van der Waals surface area contributed by atoms with Crippen LogP contribution in [0, 0.1) is 6.92 Å². The molecular formula is C30H29N3O6. The molecule has 4 rings (SSSR count). The number of hydrogen-bond donors (Lipinski definition) is 2. The molecule has 2 aromatic carbocycles. The molecule has 3 amide bonds. The molecule has 1 aliphatic rings. The normalized spacial score (nSPS) is 14.9. The number of nitrogens with zero attached hydrogens (tertiary/aromatic N) is 1. The number of ether oxygens (including phenoxy) is 1. The first-order valence-electron chi connectivity index (χ1n) is 12.3. The van der Waals surface area contributed by atoms with Gasteiger partial charge < -0.3 is 24.7 Å². The molecule has 9 nitrogen and oxygen atoms in total. The summed E-state index contributed by atoms with van der Waals surface area (Å²) in [5.41, 5.74) is 3.23. The minimum absolute atomic E-state index is 0.0484. The Hall–Kier alpha value is -4.92. The van der Waals surface area contributed by atoms with Crippen molar-refractivity contribution in [2.45, 2.75) is 33.4 Å². The van der Waals surface area contributed by atoms with Gasteiger partial charge in [-0.25, -0.2) is 4.79 Å². The van der Waals surface area contributed by atoms with E-state index in [1.807, 2.05) is 56.3 Å². The molecule has 0 radical (unpaired) electrons. The van der Waals surface area contributed by atoms with Gasteiger partial charge in [-0.05, 0) is 56.7 Å². The van der Waals surface area contributed by atoms with E-state index in [9.17, 15) is 19.2 Å². The van der Waals surface area contributed by atoms with Crippen molar-refractivity contribution >= 4 is 35.5 Å². The zero-order valence-electron chi connectivity index (χ0n) is 22.1. The van der Waals surface area contributed by atoms with Crippen molar-refractivity contribution in [2.75, 3.05) is 12.4 Å². The molecule has 9 heteroatoms. The number of anilines is 1. The minimum atomic E-state index is -0.824. The number of allylic oxidation sites excluding steroid dienone is 1. The van der Waals surface area contributed by atoms with E-state index in [1.54, 1.807) is 36.1 Å². The summed E-state index contributed by atoms with van der Waals surface area (Å²) < 4.78 is 10.7. The fraction of sp³-hybridized carbons (Fsp3) is 0.200. The van der Waals surface area contributed by atoms with Gasteiger partial charge in [0.1, 0.15) is 11.5 Å². The molecule has 0 spiro atoms. The number of rotatable bonds is 7. The number of esters is 1. The Kier molecular flexibility index (Phi) is 8.10. The molecule has 0 bridgehead atoms. The van der Waals surface area contributed by atoms with Gasteiger partial charge in [0.15, 0.2) is 0 Å². The number of amides is 3. The third-order valence-electron chi connectivity index (χ3n) is 6.41. The number of carbonyl (C=O) groups excluding carboxylic acids is 4. The molecule has 2 heterocycles. The van der Waals surface area contributed by atoms with Crippen LogP contribution in [-0.4, -0.2) is 35.7 Å². The van der Waals surface area contributed by atoms with Crippen molar-refractivity contribution < 1.29 is 28.3 Å². The van der Waals surface area contributed by atoms with E-state index in [0.717, 1.165) is 11.1 Å². The summed E-state index contributed by atoms with van der Waals surface area (Å²) in [6, 6.07) is 19.5. The zero-order valence-corrected chi connectivity index (χ0v) is 22.1. The number of aryl methyl sites for hydroxylation is 1. The standard InChI is InChI=1S/C30H29N3O6/c1-18-10-12-22(13-11-18)32-28(35)27(34)31-17-24-15-14-23(39-24)16-25-26(30(37)38-4)20(3)33(29(25)36)19(2)21-8-6-5-7-9-21/h5-16,19H,17H2,1-4H3,(H,31,34)(H,32,35)/b25-16+/t19-/m0/s1. The third kappa shape index (κ3) is 5.98. The maximum Gasteiger partial charge on any atom is 0.340 e. The molecule has 39 heavy (non-hydrogen) atoms. The maximum atomic E-state index is 13.5. The maximum absolute atomic E-state index is 13.5. The Morgan fingerprint density at radius 3 is 2.33 bits per heavy atom. The molecule has 0 unspecified atom stereocenters. The predicted octanol–water partition coefficient (Wildman–Crippen LogP) is 4.28. The summed E-state index contributed by atoms with van der Waals surface area (Å²) in [7, 11) is 1.26. The van der Waals surface area contributed by atoms with Crippen LogP contribution >= 0.6 is 0 Å². The summed E-state index contributed by atoms with van der Waals surface area (Å²) in [5.74, 6) is -1.96. The van der Waals surface area contributed by atoms with Gasteiger partial charge in [-0.15, -0.1) is 0 Å². The Morgan fingerprint density at radius 2 is 1.67 bits per heavy atom. The van der Waals surface area contributed by atoms with Crippen LogP contribution < -0.4 is 10.6 Å². The van der Waals surface area contributed by atoms with Gasteiger partial charge in [0.25, 0.3) is 5.91 Å². The lowest BCUT2D eigenvalue weighted by Crippen LogP contribution is -2.34. The summed E-state index contributed by atoms with van der Waals surface area (Å²) in [6.07, 6.45) is 1.48. The zero-order chi connectivity index (χ0) is 28.1. The number of methoxy groups -OCH3 is 1. The molecule has 0 saturated heterocycles. The van der Waals surface area contributed by atoms with Gasteiger partial charge in [0.05, 0.1) is 30.8 Å². The fourth-order valence-electron chi connectivity index (χ4n) is 4.33. The molecule has 0 saturated carbocycles. The first kappa shape index (κ1) is 27.1. The van der Waals surface area contributed by atoms with E-state index in [4.69, 9.17) is 9.15 Å². The van der Waals surface area contributed by atoms with E-state index in [0.29, 0.717) is 22.9 Å². The molecule has 1 aliphatic heterocycles. The van der Waals surface area contributed by atoms with Crippen LogP contribution in [0.3, 0.4) is 0 Å². The lowest BCUT2D eigenvalue weighted by atomic mass is 10.1. The number of furan rings is 1. The highest BCUT2D eigenvalue weighted by Crippen LogP contribution is 2.37. The Labute approximate surface area is 226 Å². The van der Waals surface area contributed by atoms with E-state index in [1.165, 1.54) is 13.2 Å². The minimum Gasteiger partial charge on any atom is -0.465 e. The van der Waals surface area contributed by atoms with Crippen LogP contribution in [0.1, 0.15) is 42.5 Å². The van der Waals surface area contributed by atoms with Gasteiger partial charge in [-0.3, -0.25) is 14.4 Å². The molecule has 200 valence electrons. The molecule has 0 aliphatic carbocycles. The molecule has 3 aromatic rings. The van der Waals surface area contributed by atoms with Crippen LogP contribution in [0.25, 0.3) is 6.08 Å². The Morgan fingerprint density at radius 1 is 0.974 bits per heavy atom. The van der Waals surface area contributed by atoms with E-state index >= 15 is 0 Å². The topological polar surface area (TPSA) is 118 Å². The summed E-state index contributed by atoms with van der Waals surface area (Å²) in [5, 5.41) is 5.04. The first-order valence-corrected chi connectivity index (χ1v) is 12.3. The van der Waals surface area contributed by atoms with Gasteiger partial charge in [-0.1, -0.05) is 48.0 Å². The smallest absolute Gasteiger partial charge is 0.340 e. The number of nitrogens with one attached hydrogen (secondary N) is 2. The van der Waals surface area contributed by atoms with Crippen molar-refractivity contribution in [1.29, 1.82) is 0 Å². The summed E-state index contributed by atoms with van der Waals surface area (Å²) in [4.78, 5) is 52.1. The average molecular weight is 528 g/mol. The number of carbonyl (C=O) groups is 4. The van der Waals surface area contributed by atoms with Gasteiger partial charge in [-0.2, -0.15) is 0 Å². The first-order chi connectivity index (χ1) is 18.7. The van der Waals surface area contributed by atoms with Crippen molar-refractivity contribution in [3.63, 3.8) is 0 Å². The monoisotopic (exact) mass is 527 g/mol. The van der Waals surface area contributed by atoms with Crippen molar-refractivity contribution in [2.24, 2.45) is 0 Å². The van der Waals surface area contributed by atoms with Crippen LogP contribution in [0.15, 0.2) is 88.0 Å². The van der Waals surface area contributed by atoms with Crippen LogP contribution in [-0.2, 0) is 30.5 Å². The predicted molar refractivity (Wildman–Crippen MR) is 145 cm³/mol. The van der Waals surface area contributed by atoms with E-state index < -0.39 is 17.8 Å². The van der Waals surface area contributed by atoms with Gasteiger partial charge in [0.2, 0.25) is 0 Å².